The van der Waals surface area contributed by atoms with E-state index >= 15 is 0 Å². The molecule has 1 aromatic heterocycles. The minimum atomic E-state index is -0.0183. The topological polar surface area (TPSA) is 55.2 Å². The number of hydrogen-bond acceptors (Lipinski definition) is 5. The Balaban J connectivity index is 1.62. The second kappa shape index (κ2) is 8.74. The molecular formula is C21H25N3O2S2. The minimum Gasteiger partial charge on any atom is -0.342 e. The van der Waals surface area contributed by atoms with Gasteiger partial charge in [0, 0.05) is 24.8 Å². The number of para-hydroxylation sites is 1. The molecule has 4 rings (SSSR count). The van der Waals surface area contributed by atoms with Gasteiger partial charge in [-0.05, 0) is 25.0 Å². The van der Waals surface area contributed by atoms with E-state index in [-0.39, 0.29) is 11.5 Å². The lowest BCUT2D eigenvalue weighted by Gasteiger charge is -2.20. The van der Waals surface area contributed by atoms with E-state index in [1.807, 2.05) is 35.2 Å². The van der Waals surface area contributed by atoms with E-state index in [0.29, 0.717) is 16.2 Å². The number of benzene rings is 1. The molecule has 2 aliphatic rings. The van der Waals surface area contributed by atoms with E-state index in [1.54, 1.807) is 16.3 Å². The Bertz CT molecular complexity index is 906. The molecule has 3 heterocycles. The van der Waals surface area contributed by atoms with Gasteiger partial charge < -0.3 is 4.90 Å². The molecule has 1 amide bonds. The van der Waals surface area contributed by atoms with E-state index in [4.69, 9.17) is 4.98 Å². The maximum atomic E-state index is 13.2. The highest BCUT2D eigenvalue weighted by atomic mass is 32.2. The van der Waals surface area contributed by atoms with Crippen LogP contribution in [0.25, 0.3) is 5.69 Å². The zero-order chi connectivity index (χ0) is 19.5. The molecule has 0 spiro atoms. The van der Waals surface area contributed by atoms with E-state index in [1.165, 1.54) is 24.6 Å². The summed E-state index contributed by atoms with van der Waals surface area (Å²) in [5.41, 5.74) is 1.65. The number of carbonyl (C=O) groups excluding carboxylic acids is 1. The number of carbonyl (C=O) groups is 1. The van der Waals surface area contributed by atoms with Gasteiger partial charge >= 0.3 is 0 Å². The van der Waals surface area contributed by atoms with Crippen LogP contribution in [0.5, 0.6) is 0 Å². The van der Waals surface area contributed by atoms with Crippen LogP contribution in [0.3, 0.4) is 0 Å². The summed E-state index contributed by atoms with van der Waals surface area (Å²) in [5, 5.41) is 0.978. The molecule has 2 aromatic rings. The van der Waals surface area contributed by atoms with E-state index in [0.717, 1.165) is 48.6 Å². The lowest BCUT2D eigenvalue weighted by Crippen LogP contribution is -2.33. The summed E-state index contributed by atoms with van der Waals surface area (Å²) < 4.78 is 1.67. The third-order valence-electron chi connectivity index (χ3n) is 5.18. The van der Waals surface area contributed by atoms with Gasteiger partial charge in [-0.15, -0.1) is 11.8 Å². The molecule has 0 radical (unpaired) electrons. The van der Waals surface area contributed by atoms with Gasteiger partial charge in [-0.1, -0.05) is 49.7 Å². The molecule has 0 saturated carbocycles. The Kier molecular flexibility index (Phi) is 6.11. The van der Waals surface area contributed by atoms with E-state index < -0.39 is 0 Å². The van der Waals surface area contributed by atoms with Crippen molar-refractivity contribution < 1.29 is 4.79 Å². The molecule has 5 nitrogen and oxygen atoms in total. The van der Waals surface area contributed by atoms with Crippen molar-refractivity contribution in [1.29, 1.82) is 0 Å². The summed E-state index contributed by atoms with van der Waals surface area (Å²) in [7, 11) is 0. The molecule has 148 valence electrons. The summed E-state index contributed by atoms with van der Waals surface area (Å²) in [4.78, 5) is 33.5. The fourth-order valence-electron chi connectivity index (χ4n) is 3.74. The van der Waals surface area contributed by atoms with Crippen LogP contribution >= 0.6 is 23.5 Å². The van der Waals surface area contributed by atoms with Crippen molar-refractivity contribution in [3.8, 4) is 5.69 Å². The van der Waals surface area contributed by atoms with Crippen molar-refractivity contribution in [2.24, 2.45) is 0 Å². The Morgan fingerprint density at radius 2 is 1.89 bits per heavy atom. The average Bonchev–Trinajstić information content (AvgIpc) is 2.90. The van der Waals surface area contributed by atoms with Crippen LogP contribution in [0, 0.1) is 0 Å². The van der Waals surface area contributed by atoms with Gasteiger partial charge in [0.1, 0.15) is 0 Å². The molecule has 1 saturated heterocycles. The highest BCUT2D eigenvalue weighted by Crippen LogP contribution is 2.34. The smallest absolute Gasteiger partial charge is 0.272 e. The molecule has 28 heavy (non-hydrogen) atoms. The maximum Gasteiger partial charge on any atom is 0.272 e. The predicted molar refractivity (Wildman–Crippen MR) is 115 cm³/mol. The molecule has 1 atom stereocenters. The lowest BCUT2D eigenvalue weighted by molar-refractivity contribution is -0.128. The molecule has 0 N–H and O–H groups in total. The Hall–Kier alpha value is -1.73. The largest absolute Gasteiger partial charge is 0.342 e. The molecular weight excluding hydrogens is 390 g/mol. The third-order valence-corrected chi connectivity index (χ3v) is 7.32. The first-order chi connectivity index (χ1) is 13.6. The number of amides is 1. The first-order valence-electron chi connectivity index (χ1n) is 9.92. The zero-order valence-corrected chi connectivity index (χ0v) is 17.7. The number of rotatable bonds is 4. The van der Waals surface area contributed by atoms with Crippen molar-refractivity contribution >= 4 is 29.4 Å². The second-order valence-electron chi connectivity index (χ2n) is 7.36. The molecule has 0 aliphatic carbocycles. The summed E-state index contributed by atoms with van der Waals surface area (Å²) >= 11 is 2.99. The maximum absolute atomic E-state index is 13.2. The molecule has 1 unspecified atom stereocenters. The molecule has 2 aliphatic heterocycles. The summed E-state index contributed by atoms with van der Waals surface area (Å²) in [5.74, 6) is 0.463. The minimum absolute atomic E-state index is 0.0183. The zero-order valence-electron chi connectivity index (χ0n) is 16.1. The van der Waals surface area contributed by atoms with Gasteiger partial charge in [0.15, 0.2) is 5.16 Å². The summed E-state index contributed by atoms with van der Waals surface area (Å²) in [6.07, 6.45) is 5.37. The standard InChI is InChI=1S/C21H25N3O2S2/c1-15-13-17-19(28-15)20(26)24(16-9-5-4-6-10-16)21(22-17)27-14-18(25)23-11-7-2-3-8-12-23/h4-6,9-10,15H,2-3,7-8,11-14H2,1H3. The Morgan fingerprint density at radius 3 is 2.61 bits per heavy atom. The van der Waals surface area contributed by atoms with Gasteiger partial charge in [0.25, 0.3) is 5.56 Å². The number of nitrogens with zero attached hydrogens (tertiary/aromatic N) is 3. The molecule has 1 fully saturated rings. The molecule has 1 aromatic carbocycles. The predicted octanol–water partition coefficient (Wildman–Crippen LogP) is 3.76. The first kappa shape index (κ1) is 19.6. The van der Waals surface area contributed by atoms with Crippen LogP contribution in [0.15, 0.2) is 45.2 Å². The Morgan fingerprint density at radius 1 is 1.18 bits per heavy atom. The van der Waals surface area contributed by atoms with E-state index in [9.17, 15) is 9.59 Å². The first-order valence-corrected chi connectivity index (χ1v) is 11.8. The third kappa shape index (κ3) is 4.15. The highest BCUT2D eigenvalue weighted by molar-refractivity contribution is 8.00. The normalized spacial score (nSPS) is 19.3. The van der Waals surface area contributed by atoms with Gasteiger partial charge in [-0.2, -0.15) is 0 Å². The van der Waals surface area contributed by atoms with Crippen molar-refractivity contribution in [2.45, 2.75) is 54.3 Å². The van der Waals surface area contributed by atoms with E-state index in [2.05, 4.69) is 6.92 Å². The molecule has 0 bridgehead atoms. The second-order valence-corrected chi connectivity index (χ2v) is 9.75. The SMILES string of the molecule is CC1Cc2nc(SCC(=O)N3CCCCCC3)n(-c3ccccc3)c(=O)c2S1. The highest BCUT2D eigenvalue weighted by Gasteiger charge is 2.27. The summed E-state index contributed by atoms with van der Waals surface area (Å²) in [6.45, 7) is 3.81. The number of hydrogen-bond donors (Lipinski definition) is 0. The van der Waals surface area contributed by atoms with Crippen LogP contribution in [0.4, 0.5) is 0 Å². The van der Waals surface area contributed by atoms with Gasteiger partial charge in [0.2, 0.25) is 5.91 Å². The lowest BCUT2D eigenvalue weighted by atomic mass is 10.2. The van der Waals surface area contributed by atoms with Crippen molar-refractivity contribution in [1.82, 2.24) is 14.5 Å². The van der Waals surface area contributed by atoms with Crippen LogP contribution < -0.4 is 5.56 Å². The van der Waals surface area contributed by atoms with Crippen molar-refractivity contribution in [3.63, 3.8) is 0 Å². The van der Waals surface area contributed by atoms with Crippen LogP contribution in [-0.2, 0) is 11.2 Å². The monoisotopic (exact) mass is 415 g/mol. The molecule has 7 heteroatoms. The average molecular weight is 416 g/mol. The quantitative estimate of drug-likeness (QED) is 0.562. The van der Waals surface area contributed by atoms with Crippen LogP contribution in [-0.4, -0.2) is 44.5 Å². The number of aromatic nitrogens is 2. The van der Waals surface area contributed by atoms with Crippen LogP contribution in [0.2, 0.25) is 0 Å². The van der Waals surface area contributed by atoms with Gasteiger partial charge in [-0.25, -0.2) is 4.98 Å². The van der Waals surface area contributed by atoms with Crippen molar-refractivity contribution in [2.75, 3.05) is 18.8 Å². The van der Waals surface area contributed by atoms with Crippen LogP contribution in [0.1, 0.15) is 38.3 Å². The van der Waals surface area contributed by atoms with Gasteiger partial charge in [0.05, 0.1) is 22.0 Å². The summed E-state index contributed by atoms with van der Waals surface area (Å²) in [6, 6.07) is 9.60. The fraction of sp³-hybridized carbons (Fsp3) is 0.476. The van der Waals surface area contributed by atoms with Gasteiger partial charge in [-0.3, -0.25) is 14.2 Å². The number of fused-ring (bicyclic) bond motifs is 1. The number of thioether (sulfide) groups is 2. The fourth-order valence-corrected chi connectivity index (χ4v) is 5.77. The Labute approximate surface area is 173 Å². The number of likely N-dealkylation sites (tertiary alicyclic amines) is 1. The van der Waals surface area contributed by atoms with Crippen molar-refractivity contribution in [3.05, 3.63) is 46.4 Å².